The van der Waals surface area contributed by atoms with Crippen molar-refractivity contribution in [1.29, 1.82) is 0 Å². The molecule has 16 heavy (non-hydrogen) atoms. The van der Waals surface area contributed by atoms with Gasteiger partial charge in [-0.3, -0.25) is 0 Å². The molecule has 0 aromatic heterocycles. The summed E-state index contributed by atoms with van der Waals surface area (Å²) in [5.41, 5.74) is 4.27. The summed E-state index contributed by atoms with van der Waals surface area (Å²) in [5.74, 6) is 1.48. The number of hydrogen-bond donors (Lipinski definition) is 2. The van der Waals surface area contributed by atoms with Gasteiger partial charge in [-0.25, -0.2) is 0 Å². The third-order valence-corrected chi connectivity index (χ3v) is 3.23. The van der Waals surface area contributed by atoms with Gasteiger partial charge >= 0.3 is 0 Å². The van der Waals surface area contributed by atoms with E-state index < -0.39 is 6.10 Å². The third-order valence-electron chi connectivity index (χ3n) is 2.97. The number of methoxy groups -OCH3 is 1. The molecule has 3 heteroatoms. The Morgan fingerprint density at radius 1 is 1.31 bits per heavy atom. The van der Waals surface area contributed by atoms with Crippen LogP contribution in [0.4, 0.5) is 0 Å². The van der Waals surface area contributed by atoms with Crippen molar-refractivity contribution in [1.82, 2.24) is 0 Å². The molecule has 0 amide bonds. The van der Waals surface area contributed by atoms with Gasteiger partial charge in [0.2, 0.25) is 0 Å². The zero-order chi connectivity index (χ0) is 12.3. The summed E-state index contributed by atoms with van der Waals surface area (Å²) in [5, 5.41) is 10.1. The lowest BCUT2D eigenvalue weighted by Crippen LogP contribution is -2.06. The molecule has 1 aromatic carbocycles. The summed E-state index contributed by atoms with van der Waals surface area (Å²) in [6, 6.07) is 2.09. The fourth-order valence-electron chi connectivity index (χ4n) is 2.01. The molecule has 0 aliphatic heterocycles. The van der Waals surface area contributed by atoms with Crippen LogP contribution in [-0.4, -0.2) is 18.0 Å². The highest BCUT2D eigenvalue weighted by Gasteiger charge is 2.18. The van der Waals surface area contributed by atoms with Crippen molar-refractivity contribution in [2.45, 2.75) is 33.3 Å². The maximum absolute atomic E-state index is 10.1. The van der Waals surface area contributed by atoms with Gasteiger partial charge in [-0.1, -0.05) is 6.07 Å². The van der Waals surface area contributed by atoms with Crippen molar-refractivity contribution < 1.29 is 9.84 Å². The molecule has 0 fully saturated rings. The quantitative estimate of drug-likeness (QED) is 0.792. The van der Waals surface area contributed by atoms with E-state index in [1.165, 1.54) is 5.56 Å². The Labute approximate surface area is 103 Å². The van der Waals surface area contributed by atoms with Crippen LogP contribution in [-0.2, 0) is 0 Å². The molecule has 0 saturated carbocycles. The average molecular weight is 240 g/mol. The van der Waals surface area contributed by atoms with E-state index >= 15 is 0 Å². The number of ether oxygens (including phenoxy) is 1. The summed E-state index contributed by atoms with van der Waals surface area (Å²) < 4.78 is 5.42. The van der Waals surface area contributed by atoms with Crippen LogP contribution in [0.2, 0.25) is 0 Å². The van der Waals surface area contributed by atoms with E-state index in [1.54, 1.807) is 7.11 Å². The fraction of sp³-hybridized carbons (Fsp3) is 0.538. The van der Waals surface area contributed by atoms with Crippen LogP contribution >= 0.6 is 12.6 Å². The first-order valence-electron chi connectivity index (χ1n) is 5.46. The molecule has 0 saturated heterocycles. The highest BCUT2D eigenvalue weighted by atomic mass is 32.1. The fourth-order valence-corrected chi connectivity index (χ4v) is 2.26. The van der Waals surface area contributed by atoms with Gasteiger partial charge < -0.3 is 9.84 Å². The summed E-state index contributed by atoms with van der Waals surface area (Å²) in [6.45, 7) is 6.08. The molecule has 1 N–H and O–H groups in total. The summed E-state index contributed by atoms with van der Waals surface area (Å²) in [4.78, 5) is 0. The smallest absolute Gasteiger partial charge is 0.128 e. The molecular weight excluding hydrogens is 220 g/mol. The van der Waals surface area contributed by atoms with Gasteiger partial charge in [-0.05, 0) is 49.6 Å². The van der Waals surface area contributed by atoms with E-state index in [1.807, 2.05) is 13.8 Å². The molecule has 0 aliphatic rings. The highest BCUT2D eigenvalue weighted by Crippen LogP contribution is 2.35. The SMILES string of the molecule is COc1c(C)c(C)cc(C)c1C(O)CCS. The first-order valence-corrected chi connectivity index (χ1v) is 6.09. The Balaban J connectivity index is 3.30. The lowest BCUT2D eigenvalue weighted by Gasteiger charge is -2.20. The van der Waals surface area contributed by atoms with Gasteiger partial charge in [0.15, 0.2) is 0 Å². The molecule has 1 rings (SSSR count). The second-order valence-electron chi connectivity index (χ2n) is 4.11. The maximum atomic E-state index is 10.1. The van der Waals surface area contributed by atoms with Crippen LogP contribution in [0.15, 0.2) is 6.07 Å². The lowest BCUT2D eigenvalue weighted by atomic mass is 9.94. The van der Waals surface area contributed by atoms with Crippen molar-refractivity contribution in [2.75, 3.05) is 12.9 Å². The van der Waals surface area contributed by atoms with Gasteiger partial charge in [0.1, 0.15) is 5.75 Å². The van der Waals surface area contributed by atoms with Crippen LogP contribution in [0.5, 0.6) is 5.75 Å². The molecule has 0 bridgehead atoms. The van der Waals surface area contributed by atoms with Crippen LogP contribution in [0.25, 0.3) is 0 Å². The molecule has 1 aromatic rings. The molecule has 2 nitrogen and oxygen atoms in total. The Bertz CT molecular complexity index is 375. The van der Waals surface area contributed by atoms with E-state index in [0.717, 1.165) is 22.4 Å². The first kappa shape index (κ1) is 13.4. The van der Waals surface area contributed by atoms with E-state index in [9.17, 15) is 5.11 Å². The number of rotatable bonds is 4. The third kappa shape index (κ3) is 2.53. The van der Waals surface area contributed by atoms with Crippen molar-refractivity contribution in [2.24, 2.45) is 0 Å². The standard InChI is InChI=1S/C13H20O2S/c1-8-7-9(2)12(11(14)5-6-16)13(15-4)10(8)3/h7,11,14,16H,5-6H2,1-4H3. The van der Waals surface area contributed by atoms with Crippen molar-refractivity contribution in [3.05, 3.63) is 28.3 Å². The van der Waals surface area contributed by atoms with Crippen LogP contribution in [0.3, 0.4) is 0 Å². The number of benzene rings is 1. The number of aryl methyl sites for hydroxylation is 2. The Hall–Kier alpha value is -0.670. The van der Waals surface area contributed by atoms with E-state index in [0.29, 0.717) is 12.2 Å². The molecule has 0 spiro atoms. The van der Waals surface area contributed by atoms with Gasteiger partial charge in [0, 0.05) is 5.56 Å². The molecule has 0 radical (unpaired) electrons. The molecule has 0 heterocycles. The summed E-state index contributed by atoms with van der Waals surface area (Å²) >= 11 is 4.15. The minimum atomic E-state index is -0.494. The molecule has 90 valence electrons. The van der Waals surface area contributed by atoms with E-state index in [4.69, 9.17) is 4.74 Å². The first-order chi connectivity index (χ1) is 7.52. The Morgan fingerprint density at radius 2 is 1.94 bits per heavy atom. The van der Waals surface area contributed by atoms with Crippen molar-refractivity contribution >= 4 is 12.6 Å². The van der Waals surface area contributed by atoms with Crippen molar-refractivity contribution in [3.8, 4) is 5.75 Å². The minimum absolute atomic E-state index is 0.494. The summed E-state index contributed by atoms with van der Waals surface area (Å²) in [7, 11) is 1.65. The minimum Gasteiger partial charge on any atom is -0.496 e. The molecule has 1 atom stereocenters. The second-order valence-corrected chi connectivity index (χ2v) is 4.56. The topological polar surface area (TPSA) is 29.5 Å². The lowest BCUT2D eigenvalue weighted by molar-refractivity contribution is 0.170. The van der Waals surface area contributed by atoms with Crippen LogP contribution in [0, 0.1) is 20.8 Å². The highest BCUT2D eigenvalue weighted by molar-refractivity contribution is 7.80. The largest absolute Gasteiger partial charge is 0.496 e. The monoisotopic (exact) mass is 240 g/mol. The molecule has 1 unspecified atom stereocenters. The van der Waals surface area contributed by atoms with Crippen LogP contribution in [0.1, 0.15) is 34.8 Å². The normalized spacial score (nSPS) is 12.6. The Kier molecular flexibility index (Phi) is 4.69. The molecular formula is C13H20O2S. The number of aliphatic hydroxyl groups excluding tert-OH is 1. The van der Waals surface area contributed by atoms with E-state index in [2.05, 4.69) is 25.6 Å². The average Bonchev–Trinajstić information content (AvgIpc) is 2.23. The van der Waals surface area contributed by atoms with Gasteiger partial charge in [-0.15, -0.1) is 0 Å². The zero-order valence-corrected chi connectivity index (χ0v) is 11.3. The van der Waals surface area contributed by atoms with Crippen LogP contribution < -0.4 is 4.74 Å². The predicted molar refractivity (Wildman–Crippen MR) is 70.6 cm³/mol. The van der Waals surface area contributed by atoms with E-state index in [-0.39, 0.29) is 0 Å². The second kappa shape index (κ2) is 5.60. The predicted octanol–water partition coefficient (Wildman–Crippen LogP) is 2.97. The zero-order valence-electron chi connectivity index (χ0n) is 10.4. The maximum Gasteiger partial charge on any atom is 0.128 e. The number of thiol groups is 1. The molecule has 0 aliphatic carbocycles. The van der Waals surface area contributed by atoms with Gasteiger partial charge in [0.05, 0.1) is 13.2 Å². The number of aliphatic hydroxyl groups is 1. The van der Waals surface area contributed by atoms with Gasteiger partial charge in [-0.2, -0.15) is 12.6 Å². The van der Waals surface area contributed by atoms with Gasteiger partial charge in [0.25, 0.3) is 0 Å². The Morgan fingerprint density at radius 3 is 2.44 bits per heavy atom. The number of hydrogen-bond acceptors (Lipinski definition) is 3. The summed E-state index contributed by atoms with van der Waals surface area (Å²) in [6.07, 6.45) is 0.148. The van der Waals surface area contributed by atoms with Crippen molar-refractivity contribution in [3.63, 3.8) is 0 Å².